The molecule has 1 saturated heterocycles. The Hall–Kier alpha value is -1.44. The number of aryl methyl sites for hydroxylation is 1. The smallest absolute Gasteiger partial charge is 0.218 e. The van der Waals surface area contributed by atoms with Crippen LogP contribution in [0, 0.1) is 6.92 Å². The second-order valence-corrected chi connectivity index (χ2v) is 8.23. The summed E-state index contributed by atoms with van der Waals surface area (Å²) < 4.78 is 28.6. The van der Waals surface area contributed by atoms with Gasteiger partial charge in [0.15, 0.2) is 0 Å². The lowest BCUT2D eigenvalue weighted by atomic mass is 10.1. The molecule has 0 amide bonds. The van der Waals surface area contributed by atoms with Gasteiger partial charge >= 0.3 is 0 Å². The number of hydrogen-bond donors (Lipinski definition) is 0. The molecule has 0 radical (unpaired) electrons. The van der Waals surface area contributed by atoms with Crippen molar-refractivity contribution in [1.29, 1.82) is 0 Å². The molecule has 2 aromatic rings. The molecular weight excluding hydrogens is 336 g/mol. The summed E-state index contributed by atoms with van der Waals surface area (Å²) in [6, 6.07) is 3.58. The van der Waals surface area contributed by atoms with Crippen molar-refractivity contribution in [3.05, 3.63) is 47.0 Å². The number of pyridine rings is 1. The van der Waals surface area contributed by atoms with Gasteiger partial charge in [-0.15, -0.1) is 0 Å². The first-order valence-electron chi connectivity index (χ1n) is 7.53. The maximum Gasteiger partial charge on any atom is 0.218 e. The third-order valence-electron chi connectivity index (χ3n) is 4.06. The maximum atomic E-state index is 12.5. The Morgan fingerprint density at radius 1 is 1.26 bits per heavy atom. The minimum atomic E-state index is -3.33. The third kappa shape index (κ3) is 3.91. The molecule has 8 heteroatoms. The highest BCUT2D eigenvalue weighted by Gasteiger charge is 2.29. The lowest BCUT2D eigenvalue weighted by Crippen LogP contribution is -2.39. The summed E-state index contributed by atoms with van der Waals surface area (Å²) in [5, 5.41) is 4.69. The van der Waals surface area contributed by atoms with Crippen LogP contribution in [0.25, 0.3) is 0 Å². The summed E-state index contributed by atoms with van der Waals surface area (Å²) in [7, 11) is -3.33. The minimum absolute atomic E-state index is 0.0390. The van der Waals surface area contributed by atoms with Crippen molar-refractivity contribution < 1.29 is 8.42 Å². The van der Waals surface area contributed by atoms with Crippen LogP contribution in [0.5, 0.6) is 0 Å². The van der Waals surface area contributed by atoms with E-state index in [0.29, 0.717) is 23.8 Å². The fourth-order valence-corrected chi connectivity index (χ4v) is 4.46. The summed E-state index contributed by atoms with van der Waals surface area (Å²) >= 11 is 5.73. The van der Waals surface area contributed by atoms with Crippen LogP contribution in [-0.4, -0.2) is 40.6 Å². The molecule has 0 saturated carbocycles. The van der Waals surface area contributed by atoms with E-state index in [4.69, 9.17) is 11.6 Å². The van der Waals surface area contributed by atoms with E-state index < -0.39 is 10.0 Å². The predicted octanol–water partition coefficient (Wildman–Crippen LogP) is 2.41. The maximum absolute atomic E-state index is 12.5. The molecule has 0 aromatic carbocycles. The van der Waals surface area contributed by atoms with Crippen LogP contribution in [0.2, 0.25) is 5.15 Å². The van der Waals surface area contributed by atoms with Crippen LogP contribution >= 0.6 is 11.6 Å². The van der Waals surface area contributed by atoms with E-state index in [1.165, 1.54) is 6.20 Å². The molecule has 0 bridgehead atoms. The Morgan fingerprint density at radius 3 is 2.57 bits per heavy atom. The molecule has 3 rings (SSSR count). The first-order valence-corrected chi connectivity index (χ1v) is 9.52. The van der Waals surface area contributed by atoms with Crippen LogP contribution < -0.4 is 0 Å². The fourth-order valence-electron chi connectivity index (χ4n) is 2.81. The van der Waals surface area contributed by atoms with Gasteiger partial charge in [-0.1, -0.05) is 17.7 Å². The van der Waals surface area contributed by atoms with E-state index in [1.54, 1.807) is 16.4 Å². The molecule has 1 fully saturated rings. The number of rotatable bonds is 4. The topological polar surface area (TPSA) is 68.1 Å². The fraction of sp³-hybridized carbons (Fsp3) is 0.467. The van der Waals surface area contributed by atoms with E-state index in [1.807, 2.05) is 24.0 Å². The van der Waals surface area contributed by atoms with Crippen molar-refractivity contribution in [3.63, 3.8) is 0 Å². The second-order valence-electron chi connectivity index (χ2n) is 5.87. The quantitative estimate of drug-likeness (QED) is 0.791. The Bertz CT molecular complexity index is 765. The molecule has 124 valence electrons. The molecule has 6 nitrogen and oxygen atoms in total. The van der Waals surface area contributed by atoms with Gasteiger partial charge in [0.1, 0.15) is 5.15 Å². The Labute approximate surface area is 141 Å². The monoisotopic (exact) mass is 354 g/mol. The van der Waals surface area contributed by atoms with Crippen molar-refractivity contribution in [2.75, 3.05) is 13.1 Å². The van der Waals surface area contributed by atoms with E-state index in [9.17, 15) is 8.42 Å². The highest BCUT2D eigenvalue weighted by molar-refractivity contribution is 7.88. The van der Waals surface area contributed by atoms with E-state index in [2.05, 4.69) is 10.1 Å². The van der Waals surface area contributed by atoms with Crippen molar-refractivity contribution >= 4 is 21.6 Å². The standard InChI is InChI=1S/C15H19ClN4O2S/c1-12-8-18-20(10-12)14-4-6-19(7-5-14)23(21,22)11-13-2-3-15(16)17-9-13/h2-3,8-10,14H,4-7,11H2,1H3. The average molecular weight is 355 g/mol. The number of sulfonamides is 1. The highest BCUT2D eigenvalue weighted by atomic mass is 35.5. The SMILES string of the molecule is Cc1cnn(C2CCN(S(=O)(=O)Cc3ccc(Cl)nc3)CC2)c1. The van der Waals surface area contributed by atoms with Crippen LogP contribution in [0.15, 0.2) is 30.7 Å². The van der Waals surface area contributed by atoms with Gasteiger partial charge in [-0.3, -0.25) is 4.68 Å². The zero-order valence-electron chi connectivity index (χ0n) is 12.9. The predicted molar refractivity (Wildman–Crippen MR) is 88.7 cm³/mol. The Balaban J connectivity index is 1.63. The van der Waals surface area contributed by atoms with E-state index in [-0.39, 0.29) is 11.8 Å². The molecule has 23 heavy (non-hydrogen) atoms. The van der Waals surface area contributed by atoms with Gasteiger partial charge in [0.25, 0.3) is 0 Å². The zero-order valence-corrected chi connectivity index (χ0v) is 14.5. The zero-order chi connectivity index (χ0) is 16.4. The van der Waals surface area contributed by atoms with Crippen LogP contribution in [0.1, 0.15) is 30.0 Å². The third-order valence-corrected chi connectivity index (χ3v) is 6.13. The molecule has 2 aromatic heterocycles. The summed E-state index contributed by atoms with van der Waals surface area (Å²) in [6.07, 6.45) is 6.91. The molecule has 0 N–H and O–H groups in total. The molecule has 1 aliphatic heterocycles. The number of nitrogens with zero attached hydrogens (tertiary/aromatic N) is 4. The molecule has 0 unspecified atom stereocenters. The van der Waals surface area contributed by atoms with Gasteiger partial charge in [0, 0.05) is 25.5 Å². The molecular formula is C15H19ClN4O2S. The first kappa shape index (κ1) is 16.4. The Morgan fingerprint density at radius 2 is 2.00 bits per heavy atom. The Kier molecular flexibility index (Phi) is 4.70. The summed E-state index contributed by atoms with van der Waals surface area (Å²) in [5.74, 6) is -0.0390. The van der Waals surface area contributed by atoms with Crippen molar-refractivity contribution in [2.45, 2.75) is 31.6 Å². The second kappa shape index (κ2) is 6.59. The number of piperidine rings is 1. The average Bonchev–Trinajstić information content (AvgIpc) is 2.96. The van der Waals surface area contributed by atoms with Gasteiger partial charge in [-0.2, -0.15) is 5.10 Å². The molecule has 0 atom stereocenters. The molecule has 0 spiro atoms. The summed E-state index contributed by atoms with van der Waals surface area (Å²) in [6.45, 7) is 3.04. The van der Waals surface area contributed by atoms with Gasteiger partial charge in [0.05, 0.1) is 18.0 Å². The normalized spacial score (nSPS) is 17.5. The number of halogens is 1. The molecule has 3 heterocycles. The van der Waals surface area contributed by atoms with Crippen LogP contribution in [0.3, 0.4) is 0 Å². The van der Waals surface area contributed by atoms with Crippen molar-refractivity contribution in [1.82, 2.24) is 19.1 Å². The molecule has 1 aliphatic rings. The van der Waals surface area contributed by atoms with E-state index in [0.717, 1.165) is 18.4 Å². The summed E-state index contributed by atoms with van der Waals surface area (Å²) in [5.41, 5.74) is 1.77. The van der Waals surface area contributed by atoms with Crippen LogP contribution in [0.4, 0.5) is 0 Å². The lowest BCUT2D eigenvalue weighted by Gasteiger charge is -2.31. The van der Waals surface area contributed by atoms with Crippen molar-refractivity contribution in [3.8, 4) is 0 Å². The van der Waals surface area contributed by atoms with Crippen LogP contribution in [-0.2, 0) is 15.8 Å². The number of aromatic nitrogens is 3. The highest BCUT2D eigenvalue weighted by Crippen LogP contribution is 2.25. The lowest BCUT2D eigenvalue weighted by molar-refractivity contribution is 0.261. The van der Waals surface area contributed by atoms with Gasteiger partial charge in [-0.05, 0) is 37.0 Å². The van der Waals surface area contributed by atoms with Gasteiger partial charge < -0.3 is 0 Å². The van der Waals surface area contributed by atoms with Crippen molar-refractivity contribution in [2.24, 2.45) is 0 Å². The number of hydrogen-bond acceptors (Lipinski definition) is 4. The minimum Gasteiger partial charge on any atom is -0.269 e. The molecule has 0 aliphatic carbocycles. The van der Waals surface area contributed by atoms with E-state index >= 15 is 0 Å². The summed E-state index contributed by atoms with van der Waals surface area (Å²) in [4.78, 5) is 3.93. The first-order chi connectivity index (χ1) is 10.9. The largest absolute Gasteiger partial charge is 0.269 e. The van der Waals surface area contributed by atoms with Gasteiger partial charge in [0.2, 0.25) is 10.0 Å². The van der Waals surface area contributed by atoms with Gasteiger partial charge in [-0.25, -0.2) is 17.7 Å².